The molecular weight excluding hydrogens is 404 g/mol. The number of hydrogen-bond donors (Lipinski definition) is 1. The topological polar surface area (TPSA) is 12.0 Å². The minimum Gasteiger partial charge on any atom is -0.379 e. The molecule has 0 bridgehead atoms. The zero-order valence-corrected chi connectivity index (χ0v) is 12.7. The van der Waals surface area contributed by atoms with Crippen LogP contribution in [-0.2, 0) is 6.54 Å². The largest absolute Gasteiger partial charge is 0.379 e. The molecule has 0 saturated heterocycles. The van der Waals surface area contributed by atoms with Crippen LogP contribution < -0.4 is 5.32 Å². The van der Waals surface area contributed by atoms with E-state index in [0.29, 0.717) is 0 Å². The summed E-state index contributed by atoms with van der Waals surface area (Å²) in [5.74, 6) is -0.202. The van der Waals surface area contributed by atoms with Gasteiger partial charge in [0.05, 0.1) is 6.54 Å². The van der Waals surface area contributed by atoms with Gasteiger partial charge in [-0.15, -0.1) is 11.3 Å². The average Bonchev–Trinajstić information content (AvgIpc) is 2.63. The van der Waals surface area contributed by atoms with Crippen molar-refractivity contribution in [3.63, 3.8) is 0 Å². The van der Waals surface area contributed by atoms with Crippen molar-refractivity contribution in [3.8, 4) is 0 Å². The van der Waals surface area contributed by atoms with Crippen LogP contribution in [0.1, 0.15) is 4.88 Å². The first-order valence-electron chi connectivity index (χ1n) is 4.57. The Kier molecular flexibility index (Phi) is 4.21. The Morgan fingerprint density at radius 1 is 1.38 bits per heavy atom. The summed E-state index contributed by atoms with van der Waals surface area (Å²) in [4.78, 5) is 1.24. The maximum Gasteiger partial charge on any atom is 0.124 e. The van der Waals surface area contributed by atoms with Gasteiger partial charge in [-0.25, -0.2) is 4.39 Å². The summed E-state index contributed by atoms with van der Waals surface area (Å²) in [6.45, 7) is 0.750. The summed E-state index contributed by atoms with van der Waals surface area (Å²) in [6.07, 6.45) is 0. The molecule has 0 unspecified atom stereocenters. The number of halogens is 3. The molecule has 0 aliphatic carbocycles. The third-order valence-corrected chi connectivity index (χ3v) is 4.88. The van der Waals surface area contributed by atoms with Gasteiger partial charge in [0.15, 0.2) is 0 Å². The summed E-state index contributed by atoms with van der Waals surface area (Å²) >= 11 is 7.30. The second kappa shape index (κ2) is 5.46. The molecule has 0 amide bonds. The Morgan fingerprint density at radius 3 is 2.81 bits per heavy atom. The van der Waals surface area contributed by atoms with Crippen LogP contribution in [0.2, 0.25) is 0 Å². The van der Waals surface area contributed by atoms with E-state index in [9.17, 15) is 4.39 Å². The molecule has 0 radical (unpaired) electrons. The Balaban J connectivity index is 2.08. The number of hydrogen-bond acceptors (Lipinski definition) is 2. The van der Waals surface area contributed by atoms with E-state index >= 15 is 0 Å². The quantitative estimate of drug-likeness (QED) is 0.710. The predicted octanol–water partition coefficient (Wildman–Crippen LogP) is 4.87. The zero-order chi connectivity index (χ0) is 11.5. The fourth-order valence-electron chi connectivity index (χ4n) is 1.26. The van der Waals surface area contributed by atoms with Crippen molar-refractivity contribution in [3.05, 3.63) is 48.4 Å². The van der Waals surface area contributed by atoms with Gasteiger partial charge in [0.2, 0.25) is 0 Å². The van der Waals surface area contributed by atoms with Crippen molar-refractivity contribution in [1.29, 1.82) is 0 Å². The van der Waals surface area contributed by atoms with Crippen molar-refractivity contribution in [2.75, 3.05) is 5.32 Å². The van der Waals surface area contributed by atoms with Gasteiger partial charge in [-0.05, 0) is 68.2 Å². The average molecular weight is 412 g/mol. The minimum absolute atomic E-state index is 0.202. The summed E-state index contributed by atoms with van der Waals surface area (Å²) in [6, 6.07) is 6.77. The van der Waals surface area contributed by atoms with Gasteiger partial charge in [-0.3, -0.25) is 0 Å². The molecule has 0 aliphatic heterocycles. The van der Waals surface area contributed by atoms with Gasteiger partial charge < -0.3 is 5.32 Å². The second-order valence-electron chi connectivity index (χ2n) is 3.17. The third-order valence-electron chi connectivity index (χ3n) is 2.06. The lowest BCUT2D eigenvalue weighted by Gasteiger charge is -2.07. The highest BCUT2D eigenvalue weighted by Crippen LogP contribution is 2.25. The summed E-state index contributed by atoms with van der Waals surface area (Å²) in [5.41, 5.74) is 0.960. The Labute approximate surface area is 119 Å². The molecule has 84 valence electrons. The van der Waals surface area contributed by atoms with Crippen molar-refractivity contribution in [2.45, 2.75) is 6.54 Å². The number of thiophene rings is 1. The van der Waals surface area contributed by atoms with E-state index < -0.39 is 0 Å². The molecule has 1 heterocycles. The van der Waals surface area contributed by atoms with E-state index in [4.69, 9.17) is 0 Å². The third kappa shape index (κ3) is 2.95. The first kappa shape index (κ1) is 12.3. The smallest absolute Gasteiger partial charge is 0.124 e. The number of anilines is 1. The molecule has 0 aliphatic rings. The van der Waals surface area contributed by atoms with Gasteiger partial charge in [0.25, 0.3) is 0 Å². The molecule has 2 aromatic rings. The van der Waals surface area contributed by atoms with Crippen LogP contribution in [0, 0.1) is 9.39 Å². The van der Waals surface area contributed by atoms with Gasteiger partial charge in [-0.1, -0.05) is 0 Å². The molecule has 16 heavy (non-hydrogen) atoms. The number of rotatable bonds is 3. The lowest BCUT2D eigenvalue weighted by molar-refractivity contribution is 0.627. The first-order valence-corrected chi connectivity index (χ1v) is 7.33. The molecule has 2 rings (SSSR count). The van der Waals surface area contributed by atoms with Crippen LogP contribution in [0.15, 0.2) is 34.1 Å². The normalized spacial score (nSPS) is 10.4. The molecule has 5 heteroatoms. The van der Waals surface area contributed by atoms with E-state index in [2.05, 4.69) is 43.8 Å². The monoisotopic (exact) mass is 411 g/mol. The zero-order valence-electron chi connectivity index (χ0n) is 8.14. The number of benzene rings is 1. The lowest BCUT2D eigenvalue weighted by Crippen LogP contribution is -2.00. The summed E-state index contributed by atoms with van der Waals surface area (Å²) < 4.78 is 14.9. The van der Waals surface area contributed by atoms with Crippen LogP contribution in [-0.4, -0.2) is 0 Å². The second-order valence-corrected chi connectivity index (χ2v) is 6.19. The molecule has 0 atom stereocenters. The predicted molar refractivity (Wildman–Crippen MR) is 78.5 cm³/mol. The van der Waals surface area contributed by atoms with Gasteiger partial charge >= 0.3 is 0 Å². The molecular formula is C11H8BrFINS. The molecule has 0 fully saturated rings. The van der Waals surface area contributed by atoms with Gasteiger partial charge in [0, 0.05) is 18.6 Å². The maximum atomic E-state index is 12.9. The van der Waals surface area contributed by atoms with Crippen LogP contribution in [0.4, 0.5) is 10.1 Å². The molecule has 1 aromatic heterocycles. The van der Waals surface area contributed by atoms with E-state index in [1.165, 1.54) is 17.0 Å². The van der Waals surface area contributed by atoms with E-state index in [0.717, 1.165) is 20.3 Å². The molecule has 1 N–H and O–H groups in total. The first-order chi connectivity index (χ1) is 7.66. The Hall–Kier alpha value is -0.140. The van der Waals surface area contributed by atoms with Gasteiger partial charge in [0.1, 0.15) is 5.82 Å². The SMILES string of the molecule is Fc1ccc(NCc2sccc2Br)c(I)c1. The van der Waals surface area contributed by atoms with Crippen LogP contribution in [0.25, 0.3) is 0 Å². The highest BCUT2D eigenvalue weighted by molar-refractivity contribution is 14.1. The van der Waals surface area contributed by atoms with E-state index in [1.54, 1.807) is 17.4 Å². The summed E-state index contributed by atoms with van der Waals surface area (Å²) in [7, 11) is 0. The molecule has 1 aromatic carbocycles. The Bertz CT molecular complexity index is 500. The molecule has 0 spiro atoms. The highest BCUT2D eigenvalue weighted by Gasteiger charge is 2.04. The minimum atomic E-state index is -0.202. The highest BCUT2D eigenvalue weighted by atomic mass is 127. The van der Waals surface area contributed by atoms with Crippen molar-refractivity contribution in [2.24, 2.45) is 0 Å². The lowest BCUT2D eigenvalue weighted by atomic mass is 10.3. The molecule has 0 saturated carbocycles. The van der Waals surface area contributed by atoms with Crippen molar-refractivity contribution < 1.29 is 4.39 Å². The fourth-order valence-corrected chi connectivity index (χ4v) is 3.36. The van der Waals surface area contributed by atoms with Crippen LogP contribution in [0.5, 0.6) is 0 Å². The Morgan fingerprint density at radius 2 is 2.19 bits per heavy atom. The fraction of sp³-hybridized carbons (Fsp3) is 0.0909. The maximum absolute atomic E-state index is 12.9. The van der Waals surface area contributed by atoms with E-state index in [1.807, 2.05) is 11.4 Å². The standard InChI is InChI=1S/C11H8BrFINS/c12-8-3-4-16-11(8)6-15-10-2-1-7(13)5-9(10)14/h1-5,15H,6H2. The van der Waals surface area contributed by atoms with Crippen molar-refractivity contribution in [1.82, 2.24) is 0 Å². The summed E-state index contributed by atoms with van der Waals surface area (Å²) in [5, 5.41) is 5.33. The van der Waals surface area contributed by atoms with Crippen molar-refractivity contribution >= 4 is 55.5 Å². The molecule has 1 nitrogen and oxygen atoms in total. The van der Waals surface area contributed by atoms with E-state index in [-0.39, 0.29) is 5.82 Å². The van der Waals surface area contributed by atoms with Crippen LogP contribution >= 0.6 is 49.9 Å². The van der Waals surface area contributed by atoms with Crippen LogP contribution in [0.3, 0.4) is 0 Å². The number of nitrogens with one attached hydrogen (secondary N) is 1. The van der Waals surface area contributed by atoms with Gasteiger partial charge in [-0.2, -0.15) is 0 Å².